The molecule has 1 aromatic rings. The van der Waals surface area contributed by atoms with E-state index in [2.05, 4.69) is 4.99 Å². The van der Waals surface area contributed by atoms with Gasteiger partial charge in [-0.1, -0.05) is 23.9 Å². The SMILES string of the molecule is O=C(O)CCC(=O)N=C1S[C@@H]2CS(=O)(=O)C[C@H]2N1c1ccccc1F. The van der Waals surface area contributed by atoms with E-state index in [1.54, 1.807) is 6.07 Å². The van der Waals surface area contributed by atoms with Crippen LogP contribution in [-0.2, 0) is 19.4 Å². The van der Waals surface area contributed by atoms with Crippen molar-refractivity contribution in [3.05, 3.63) is 30.1 Å². The molecule has 2 aliphatic heterocycles. The van der Waals surface area contributed by atoms with Crippen LogP contribution in [0.15, 0.2) is 29.3 Å². The number of sulfone groups is 1. The standard InChI is InChI=1S/C15H15FN2O5S2/c16-9-3-1-2-4-10(9)18-11-7-25(22,23)8-12(11)24-15(18)17-13(19)5-6-14(20)21/h1-4,11-12H,5-8H2,(H,20,21)/t11-,12-/m1/s1. The summed E-state index contributed by atoms with van der Waals surface area (Å²) in [5, 5.41) is 8.52. The molecule has 0 saturated carbocycles. The highest BCUT2D eigenvalue weighted by Crippen LogP contribution is 2.41. The van der Waals surface area contributed by atoms with Crippen LogP contribution in [0.3, 0.4) is 0 Å². The lowest BCUT2D eigenvalue weighted by atomic mass is 10.2. The highest BCUT2D eigenvalue weighted by atomic mass is 32.2. The molecule has 25 heavy (non-hydrogen) atoms. The van der Waals surface area contributed by atoms with E-state index >= 15 is 0 Å². The van der Waals surface area contributed by atoms with Crippen LogP contribution in [0.5, 0.6) is 0 Å². The van der Waals surface area contributed by atoms with Crippen molar-refractivity contribution in [3.63, 3.8) is 0 Å². The average molecular weight is 386 g/mol. The maximum absolute atomic E-state index is 14.2. The zero-order chi connectivity index (χ0) is 18.2. The van der Waals surface area contributed by atoms with Gasteiger partial charge >= 0.3 is 5.97 Å². The predicted molar refractivity (Wildman–Crippen MR) is 92.0 cm³/mol. The summed E-state index contributed by atoms with van der Waals surface area (Å²) in [6.45, 7) is 0. The fourth-order valence-electron chi connectivity index (χ4n) is 2.87. The number of thioether (sulfide) groups is 1. The number of para-hydroxylation sites is 1. The first-order valence-electron chi connectivity index (χ1n) is 7.51. The van der Waals surface area contributed by atoms with E-state index in [1.165, 1.54) is 23.1 Å². The minimum atomic E-state index is -3.24. The van der Waals surface area contributed by atoms with E-state index in [0.29, 0.717) is 0 Å². The summed E-state index contributed by atoms with van der Waals surface area (Å²) in [5.74, 6) is -2.48. The first kappa shape index (κ1) is 17.9. The van der Waals surface area contributed by atoms with Gasteiger partial charge in [0.25, 0.3) is 0 Å². The van der Waals surface area contributed by atoms with Crippen LogP contribution in [-0.4, -0.2) is 53.4 Å². The minimum absolute atomic E-state index is 0.0599. The first-order valence-corrected chi connectivity index (χ1v) is 10.2. The van der Waals surface area contributed by atoms with Crippen molar-refractivity contribution in [2.24, 2.45) is 4.99 Å². The van der Waals surface area contributed by atoms with Crippen LogP contribution in [0, 0.1) is 5.82 Å². The van der Waals surface area contributed by atoms with Gasteiger partial charge in [0, 0.05) is 11.7 Å². The van der Waals surface area contributed by atoms with E-state index in [0.717, 1.165) is 11.8 Å². The van der Waals surface area contributed by atoms with Crippen molar-refractivity contribution in [1.82, 2.24) is 0 Å². The molecule has 0 aliphatic carbocycles. The Hall–Kier alpha value is -1.94. The first-order chi connectivity index (χ1) is 11.8. The normalized spacial score (nSPS) is 26.0. The van der Waals surface area contributed by atoms with Crippen molar-refractivity contribution in [3.8, 4) is 0 Å². The van der Waals surface area contributed by atoms with Gasteiger partial charge in [-0.25, -0.2) is 12.8 Å². The van der Waals surface area contributed by atoms with E-state index in [1.807, 2.05) is 0 Å². The van der Waals surface area contributed by atoms with Gasteiger partial charge in [0.15, 0.2) is 15.0 Å². The van der Waals surface area contributed by atoms with E-state index in [-0.39, 0.29) is 40.5 Å². The molecular weight excluding hydrogens is 371 g/mol. The van der Waals surface area contributed by atoms with Crippen LogP contribution in [0.25, 0.3) is 0 Å². The molecule has 0 radical (unpaired) electrons. The third-order valence-corrected chi connectivity index (χ3v) is 7.16. The van der Waals surface area contributed by atoms with Crippen molar-refractivity contribution in [2.45, 2.75) is 24.1 Å². The van der Waals surface area contributed by atoms with Gasteiger partial charge in [0.1, 0.15) is 5.82 Å². The smallest absolute Gasteiger partial charge is 0.303 e. The number of halogens is 1. The number of anilines is 1. The Morgan fingerprint density at radius 2 is 2.00 bits per heavy atom. The number of carbonyl (C=O) groups is 2. The molecule has 0 bridgehead atoms. The van der Waals surface area contributed by atoms with Gasteiger partial charge in [0.2, 0.25) is 5.91 Å². The maximum atomic E-state index is 14.2. The fourth-order valence-corrected chi connectivity index (χ4v) is 6.79. The predicted octanol–water partition coefficient (Wildman–Crippen LogP) is 1.29. The summed E-state index contributed by atoms with van der Waals surface area (Å²) in [7, 11) is -3.24. The minimum Gasteiger partial charge on any atom is -0.481 e. The molecule has 1 amide bonds. The number of benzene rings is 1. The summed E-state index contributed by atoms with van der Waals surface area (Å²) < 4.78 is 38.1. The third kappa shape index (κ3) is 3.84. The second-order valence-electron chi connectivity index (χ2n) is 5.80. The molecule has 2 atom stereocenters. The van der Waals surface area contributed by atoms with Crippen LogP contribution in [0.2, 0.25) is 0 Å². The fraction of sp³-hybridized carbons (Fsp3) is 0.400. The second-order valence-corrected chi connectivity index (χ2v) is 9.16. The Labute approximate surface area is 147 Å². The summed E-state index contributed by atoms with van der Waals surface area (Å²) in [5.41, 5.74) is 0.157. The summed E-state index contributed by atoms with van der Waals surface area (Å²) in [6.07, 6.45) is -0.612. The number of aliphatic imine (C=N–C) groups is 1. The molecule has 2 aliphatic rings. The zero-order valence-corrected chi connectivity index (χ0v) is 14.6. The highest BCUT2D eigenvalue weighted by Gasteiger charge is 2.49. The molecule has 0 unspecified atom stereocenters. The lowest BCUT2D eigenvalue weighted by Gasteiger charge is -2.24. The van der Waals surface area contributed by atoms with Crippen LogP contribution in [0.4, 0.5) is 10.1 Å². The molecule has 0 aromatic heterocycles. The zero-order valence-electron chi connectivity index (χ0n) is 13.0. The number of aliphatic carboxylic acids is 1. The van der Waals surface area contributed by atoms with Crippen LogP contribution < -0.4 is 4.90 Å². The summed E-state index contributed by atoms with van der Waals surface area (Å²) in [6, 6.07) is 5.38. The van der Waals surface area contributed by atoms with Crippen LogP contribution in [0.1, 0.15) is 12.8 Å². The van der Waals surface area contributed by atoms with Gasteiger partial charge in [-0.3, -0.25) is 9.59 Å². The highest BCUT2D eigenvalue weighted by molar-refractivity contribution is 8.16. The monoisotopic (exact) mass is 386 g/mol. The summed E-state index contributed by atoms with van der Waals surface area (Å²) >= 11 is 1.12. The molecular formula is C15H15FN2O5S2. The molecule has 1 aromatic carbocycles. The van der Waals surface area contributed by atoms with E-state index < -0.39 is 33.6 Å². The number of carboxylic acid groups (broad SMARTS) is 1. The molecule has 7 nitrogen and oxygen atoms in total. The Balaban J connectivity index is 1.94. The van der Waals surface area contributed by atoms with Crippen molar-refractivity contribution in [1.29, 1.82) is 0 Å². The molecule has 2 heterocycles. The molecule has 2 saturated heterocycles. The van der Waals surface area contributed by atoms with Gasteiger partial charge in [-0.05, 0) is 12.1 Å². The van der Waals surface area contributed by atoms with Crippen LogP contribution >= 0.6 is 11.8 Å². The Kier molecular flexibility index (Phi) is 4.83. The number of carboxylic acids is 1. The topological polar surface area (TPSA) is 104 Å². The second kappa shape index (κ2) is 6.75. The Morgan fingerprint density at radius 1 is 1.28 bits per heavy atom. The number of rotatable bonds is 4. The number of amides is 1. The van der Waals surface area contributed by atoms with Gasteiger partial charge in [-0.2, -0.15) is 4.99 Å². The number of nitrogens with zero attached hydrogens (tertiary/aromatic N) is 2. The van der Waals surface area contributed by atoms with E-state index in [9.17, 15) is 22.4 Å². The number of amidine groups is 1. The molecule has 1 N–H and O–H groups in total. The lowest BCUT2D eigenvalue weighted by molar-refractivity contribution is -0.138. The number of hydrogen-bond acceptors (Lipinski definition) is 5. The number of carbonyl (C=O) groups excluding carboxylic acids is 1. The molecule has 3 rings (SSSR count). The van der Waals surface area contributed by atoms with Gasteiger partial charge in [-0.15, -0.1) is 0 Å². The number of fused-ring (bicyclic) bond motifs is 1. The maximum Gasteiger partial charge on any atom is 0.303 e. The molecule has 2 fully saturated rings. The van der Waals surface area contributed by atoms with Gasteiger partial charge in [0.05, 0.1) is 29.7 Å². The summed E-state index contributed by atoms with van der Waals surface area (Å²) in [4.78, 5) is 27.9. The Morgan fingerprint density at radius 3 is 2.68 bits per heavy atom. The third-order valence-electron chi connectivity index (χ3n) is 3.95. The van der Waals surface area contributed by atoms with Crippen molar-refractivity contribution in [2.75, 3.05) is 16.4 Å². The average Bonchev–Trinajstić information content (AvgIpc) is 2.97. The van der Waals surface area contributed by atoms with E-state index in [4.69, 9.17) is 5.11 Å². The van der Waals surface area contributed by atoms with Crippen molar-refractivity contribution < 1.29 is 27.5 Å². The molecule has 0 spiro atoms. The number of hydrogen-bond donors (Lipinski definition) is 1. The largest absolute Gasteiger partial charge is 0.481 e. The molecule has 10 heteroatoms. The molecule has 134 valence electrons. The van der Waals surface area contributed by atoms with Crippen molar-refractivity contribution >= 4 is 44.3 Å². The lowest BCUT2D eigenvalue weighted by Crippen LogP contribution is -2.38. The quantitative estimate of drug-likeness (QED) is 0.831. The Bertz CT molecular complexity index is 855. The van der Waals surface area contributed by atoms with Gasteiger partial charge < -0.3 is 10.0 Å².